The van der Waals surface area contributed by atoms with E-state index in [9.17, 15) is 0 Å². The van der Waals surface area contributed by atoms with Crippen LogP contribution in [0.1, 0.15) is 12.6 Å². The van der Waals surface area contributed by atoms with Crippen molar-refractivity contribution >= 4 is 23.7 Å². The monoisotopic (exact) mass is 272 g/mol. The summed E-state index contributed by atoms with van der Waals surface area (Å²) in [4.78, 5) is 8.26. The minimum absolute atomic E-state index is 0. The summed E-state index contributed by atoms with van der Waals surface area (Å²) in [5.74, 6) is 0.591. The lowest BCUT2D eigenvalue weighted by Gasteiger charge is -2.12. The molecule has 0 saturated heterocycles. The van der Waals surface area contributed by atoms with Crippen molar-refractivity contribution in [3.63, 3.8) is 0 Å². The molecule has 0 amide bonds. The molecule has 0 aliphatic rings. The van der Waals surface area contributed by atoms with Crippen molar-refractivity contribution in [2.75, 3.05) is 6.54 Å². The summed E-state index contributed by atoms with van der Waals surface area (Å²) in [6.45, 7) is 5.09. The van der Waals surface area contributed by atoms with E-state index in [1.807, 2.05) is 24.2 Å². The third kappa shape index (κ3) is 4.85. The van der Waals surface area contributed by atoms with Crippen molar-refractivity contribution in [3.05, 3.63) is 35.3 Å². The molecule has 4 nitrogen and oxygen atoms in total. The smallest absolute Gasteiger partial charge is 0.0946 e. The number of nitrogens with one attached hydrogen (secondary N) is 1. The molecule has 0 aromatic carbocycles. The van der Waals surface area contributed by atoms with Gasteiger partial charge in [0.2, 0.25) is 0 Å². The highest BCUT2D eigenvalue weighted by Gasteiger charge is 2.02. The van der Waals surface area contributed by atoms with Gasteiger partial charge in [-0.3, -0.25) is 0 Å². The standard InChI is InChI=1S/C11H16N4S.ClH/c1-10(6-15-3-2-12-8-15)4-13-5-11-7-16-9-14-11;/h2-3,7-10,13H,4-6H2,1H3;1H. The molecule has 2 heterocycles. The van der Waals surface area contributed by atoms with Crippen LogP contribution in [0.15, 0.2) is 29.6 Å². The van der Waals surface area contributed by atoms with Gasteiger partial charge in [-0.05, 0) is 12.5 Å². The van der Waals surface area contributed by atoms with Crippen LogP contribution in [0.2, 0.25) is 0 Å². The summed E-state index contributed by atoms with van der Waals surface area (Å²) in [5, 5.41) is 5.49. The summed E-state index contributed by atoms with van der Waals surface area (Å²) in [7, 11) is 0. The molecule has 6 heteroatoms. The van der Waals surface area contributed by atoms with Crippen LogP contribution in [0.3, 0.4) is 0 Å². The third-order valence-corrected chi connectivity index (χ3v) is 3.00. The van der Waals surface area contributed by atoms with Gasteiger partial charge in [0.1, 0.15) is 0 Å². The van der Waals surface area contributed by atoms with E-state index in [2.05, 4.69) is 32.2 Å². The first-order chi connectivity index (χ1) is 7.84. The molecular weight excluding hydrogens is 256 g/mol. The fourth-order valence-corrected chi connectivity index (χ4v) is 2.15. The van der Waals surface area contributed by atoms with Crippen molar-refractivity contribution in [2.24, 2.45) is 5.92 Å². The van der Waals surface area contributed by atoms with Crippen LogP contribution in [0.5, 0.6) is 0 Å². The first kappa shape index (κ1) is 14.2. The van der Waals surface area contributed by atoms with E-state index in [0.717, 1.165) is 25.3 Å². The first-order valence-corrected chi connectivity index (χ1v) is 6.32. The molecule has 94 valence electrons. The number of hydrogen-bond donors (Lipinski definition) is 1. The molecular formula is C11H17ClN4S. The molecule has 17 heavy (non-hydrogen) atoms. The average molecular weight is 273 g/mol. The van der Waals surface area contributed by atoms with Crippen molar-refractivity contribution in [2.45, 2.75) is 20.0 Å². The first-order valence-electron chi connectivity index (χ1n) is 5.38. The summed E-state index contributed by atoms with van der Waals surface area (Å²) in [6.07, 6.45) is 5.67. The molecule has 0 aliphatic carbocycles. The van der Waals surface area contributed by atoms with Crippen LogP contribution in [0.25, 0.3) is 0 Å². The Balaban J connectivity index is 0.00000144. The maximum atomic E-state index is 4.23. The Kier molecular flexibility index (Phi) is 6.18. The van der Waals surface area contributed by atoms with Crippen LogP contribution in [-0.4, -0.2) is 21.1 Å². The predicted molar refractivity (Wildman–Crippen MR) is 72.5 cm³/mol. The zero-order chi connectivity index (χ0) is 11.2. The van der Waals surface area contributed by atoms with E-state index in [4.69, 9.17) is 0 Å². The lowest BCUT2D eigenvalue weighted by molar-refractivity contribution is 0.444. The minimum Gasteiger partial charge on any atom is -0.337 e. The van der Waals surface area contributed by atoms with Gasteiger partial charge in [-0.2, -0.15) is 0 Å². The Labute approximate surface area is 112 Å². The maximum Gasteiger partial charge on any atom is 0.0946 e. The minimum atomic E-state index is 0. The quantitative estimate of drug-likeness (QED) is 0.877. The molecule has 1 N–H and O–H groups in total. The van der Waals surface area contributed by atoms with Crippen LogP contribution in [0.4, 0.5) is 0 Å². The Hall–Kier alpha value is -0.910. The van der Waals surface area contributed by atoms with E-state index >= 15 is 0 Å². The van der Waals surface area contributed by atoms with Gasteiger partial charge in [-0.25, -0.2) is 9.97 Å². The van der Waals surface area contributed by atoms with Crippen LogP contribution in [-0.2, 0) is 13.1 Å². The highest BCUT2D eigenvalue weighted by molar-refractivity contribution is 7.07. The van der Waals surface area contributed by atoms with Crippen LogP contribution >= 0.6 is 23.7 Å². The second-order valence-electron chi connectivity index (χ2n) is 3.98. The molecule has 1 atom stereocenters. The number of aromatic nitrogens is 3. The van der Waals surface area contributed by atoms with Crippen molar-refractivity contribution < 1.29 is 0 Å². The summed E-state index contributed by atoms with van der Waals surface area (Å²) < 4.78 is 2.11. The van der Waals surface area contributed by atoms with Gasteiger partial charge in [0.15, 0.2) is 0 Å². The number of hydrogen-bond acceptors (Lipinski definition) is 4. The largest absolute Gasteiger partial charge is 0.337 e. The number of rotatable bonds is 6. The molecule has 1 unspecified atom stereocenters. The number of nitrogens with zero attached hydrogens (tertiary/aromatic N) is 3. The Bertz CT molecular complexity index is 388. The Morgan fingerprint density at radius 1 is 1.53 bits per heavy atom. The normalized spacial score (nSPS) is 12.1. The van der Waals surface area contributed by atoms with Gasteiger partial charge in [-0.1, -0.05) is 6.92 Å². The van der Waals surface area contributed by atoms with E-state index in [1.54, 1.807) is 11.3 Å². The zero-order valence-corrected chi connectivity index (χ0v) is 11.4. The molecule has 0 bridgehead atoms. The van der Waals surface area contributed by atoms with E-state index in [-0.39, 0.29) is 12.4 Å². The summed E-state index contributed by atoms with van der Waals surface area (Å²) in [6, 6.07) is 0. The van der Waals surface area contributed by atoms with E-state index in [0.29, 0.717) is 5.92 Å². The Morgan fingerprint density at radius 3 is 3.06 bits per heavy atom. The second kappa shape index (κ2) is 7.42. The van der Waals surface area contributed by atoms with Crippen molar-refractivity contribution in [1.82, 2.24) is 19.9 Å². The summed E-state index contributed by atoms with van der Waals surface area (Å²) in [5.41, 5.74) is 2.99. The maximum absolute atomic E-state index is 4.23. The molecule has 0 spiro atoms. The molecule has 2 rings (SSSR count). The van der Waals surface area contributed by atoms with Crippen LogP contribution in [0, 0.1) is 5.92 Å². The van der Waals surface area contributed by atoms with Gasteiger partial charge < -0.3 is 9.88 Å². The van der Waals surface area contributed by atoms with Gasteiger partial charge in [0.05, 0.1) is 17.5 Å². The number of halogens is 1. The van der Waals surface area contributed by atoms with Crippen LogP contribution < -0.4 is 5.32 Å². The third-order valence-electron chi connectivity index (χ3n) is 2.36. The van der Waals surface area contributed by atoms with Crippen molar-refractivity contribution in [1.29, 1.82) is 0 Å². The lowest BCUT2D eigenvalue weighted by atomic mass is 10.2. The number of thiazole rings is 1. The highest BCUT2D eigenvalue weighted by Crippen LogP contribution is 2.02. The van der Waals surface area contributed by atoms with Gasteiger partial charge in [0, 0.05) is 30.9 Å². The fraction of sp³-hybridized carbons (Fsp3) is 0.455. The lowest BCUT2D eigenvalue weighted by Crippen LogP contribution is -2.23. The highest BCUT2D eigenvalue weighted by atomic mass is 35.5. The molecule has 2 aromatic rings. The second-order valence-corrected chi connectivity index (χ2v) is 4.69. The molecule has 0 saturated carbocycles. The summed E-state index contributed by atoms with van der Waals surface area (Å²) >= 11 is 1.64. The number of imidazole rings is 1. The van der Waals surface area contributed by atoms with Gasteiger partial charge in [0.25, 0.3) is 0 Å². The van der Waals surface area contributed by atoms with E-state index in [1.165, 1.54) is 0 Å². The molecule has 0 fully saturated rings. The molecule has 0 aliphatic heterocycles. The van der Waals surface area contributed by atoms with Gasteiger partial charge in [-0.15, -0.1) is 23.7 Å². The molecule has 2 aromatic heterocycles. The predicted octanol–water partition coefficient (Wildman–Crippen LogP) is 2.19. The van der Waals surface area contributed by atoms with E-state index < -0.39 is 0 Å². The fourth-order valence-electron chi connectivity index (χ4n) is 1.59. The average Bonchev–Trinajstić information content (AvgIpc) is 2.90. The SMILES string of the molecule is CC(CNCc1cscn1)Cn1ccnc1.Cl. The Morgan fingerprint density at radius 2 is 2.41 bits per heavy atom. The molecule has 0 radical (unpaired) electrons. The van der Waals surface area contributed by atoms with Gasteiger partial charge >= 0.3 is 0 Å². The zero-order valence-electron chi connectivity index (χ0n) is 9.74. The topological polar surface area (TPSA) is 42.7 Å². The van der Waals surface area contributed by atoms with Crippen molar-refractivity contribution in [3.8, 4) is 0 Å².